The third-order valence-electron chi connectivity index (χ3n) is 5.52. The third-order valence-corrected chi connectivity index (χ3v) is 8.31. The number of thiazole rings is 1. The van der Waals surface area contributed by atoms with E-state index in [0.29, 0.717) is 5.69 Å². The van der Waals surface area contributed by atoms with Crippen LogP contribution in [-0.4, -0.2) is 95.1 Å². The third kappa shape index (κ3) is 6.77. The molecule has 10 nitrogen and oxygen atoms in total. The summed E-state index contributed by atoms with van der Waals surface area (Å²) < 4.78 is 67.0. The number of benzene rings is 4. The van der Waals surface area contributed by atoms with Crippen LogP contribution in [0.2, 0.25) is 0 Å². The predicted molar refractivity (Wildman–Crippen MR) is 151 cm³/mol. The number of aromatic hydroxyl groups is 1. The van der Waals surface area contributed by atoms with Gasteiger partial charge in [-0.05, 0) is 72.5 Å². The molecule has 0 fully saturated rings. The Morgan fingerprint density at radius 2 is 1.51 bits per heavy atom. The maximum Gasteiger partial charge on any atom is 0.296 e. The molecule has 1 heterocycles. The van der Waals surface area contributed by atoms with Gasteiger partial charge in [0.15, 0.2) is 5.75 Å². The van der Waals surface area contributed by atoms with Crippen LogP contribution in [-0.2, 0) is 20.2 Å². The van der Waals surface area contributed by atoms with Crippen molar-refractivity contribution in [1.82, 2.24) is 4.98 Å². The van der Waals surface area contributed by atoms with Gasteiger partial charge in [0.2, 0.25) is 0 Å². The van der Waals surface area contributed by atoms with E-state index in [0.717, 1.165) is 44.6 Å². The van der Waals surface area contributed by atoms with Crippen molar-refractivity contribution in [3.05, 3.63) is 72.3 Å². The topological polar surface area (TPSA) is 167 Å². The number of nitrogens with zero attached hydrogens (tertiary/aromatic N) is 3. The van der Waals surface area contributed by atoms with Crippen molar-refractivity contribution in [3.63, 3.8) is 0 Å². The fourth-order valence-corrected chi connectivity index (χ4v) is 5.94. The van der Waals surface area contributed by atoms with Gasteiger partial charge in [-0.25, -0.2) is 4.98 Å². The minimum Gasteiger partial charge on any atom is -0.505 e. The van der Waals surface area contributed by atoms with Gasteiger partial charge in [0, 0.05) is 70.1 Å². The van der Waals surface area contributed by atoms with E-state index in [2.05, 4.69) is 21.3 Å². The molecule has 0 saturated carbocycles. The summed E-state index contributed by atoms with van der Waals surface area (Å²) in [6, 6.07) is 17.0. The van der Waals surface area contributed by atoms with Gasteiger partial charge in [-0.3, -0.25) is 9.11 Å². The average molecular weight is 602 g/mol. The summed E-state index contributed by atoms with van der Waals surface area (Å²) in [7, 11) is -9.43. The maximum absolute atomic E-state index is 12.0. The molecule has 0 amide bonds. The van der Waals surface area contributed by atoms with Gasteiger partial charge in [-0.2, -0.15) is 21.9 Å². The van der Waals surface area contributed by atoms with Gasteiger partial charge in [0.1, 0.15) is 15.6 Å². The van der Waals surface area contributed by atoms with E-state index in [4.69, 9.17) is 0 Å². The second-order valence-electron chi connectivity index (χ2n) is 8.14. The number of aryl methyl sites for hydroxylation is 1. The van der Waals surface area contributed by atoms with Crippen molar-refractivity contribution in [2.75, 3.05) is 0 Å². The van der Waals surface area contributed by atoms with Crippen molar-refractivity contribution in [1.29, 1.82) is 0 Å². The van der Waals surface area contributed by atoms with Gasteiger partial charge < -0.3 is 5.11 Å². The van der Waals surface area contributed by atoms with Crippen LogP contribution >= 0.6 is 11.3 Å². The Labute approximate surface area is 271 Å². The van der Waals surface area contributed by atoms with E-state index in [1.165, 1.54) is 17.4 Å². The first-order chi connectivity index (χ1) is 17.4. The molecule has 5 aromatic rings. The summed E-state index contributed by atoms with van der Waals surface area (Å²) in [6.45, 7) is 2.01. The molecule has 0 aliphatic heterocycles. The second-order valence-corrected chi connectivity index (χ2v) is 12.0. The number of phenolic OH excluding ortho intramolecular Hbond substituents is 1. The van der Waals surface area contributed by atoms with E-state index >= 15 is 0 Å². The number of phenols is 1. The van der Waals surface area contributed by atoms with Crippen LogP contribution in [0, 0.1) is 6.92 Å². The van der Waals surface area contributed by atoms with Crippen LogP contribution in [0.15, 0.2) is 86.7 Å². The van der Waals surface area contributed by atoms with E-state index in [9.17, 15) is 31.0 Å². The number of azo groups is 1. The van der Waals surface area contributed by atoms with Crippen LogP contribution in [0.1, 0.15) is 5.56 Å². The molecule has 4 aromatic carbocycles. The molecule has 39 heavy (non-hydrogen) atoms. The Bertz CT molecular complexity index is 1960. The Balaban J connectivity index is 0.00000210. The monoisotopic (exact) mass is 601 g/mol. The number of hydrogen-bond acceptors (Lipinski definition) is 9. The Morgan fingerprint density at radius 3 is 2.15 bits per heavy atom. The standard InChI is InChI=1S/C24H17N3O7S3.2Na/c1-13-2-9-19-20(10-13)35-24(25-19)14-3-6-16(7-4-14)26-27-22-21(37(32,33)34)11-15-5-8-17(36(29,30)31)12-18(15)23(22)28;;/h2-12,28H,1H3,(H,29,30,31)(H,32,33,34);;. The predicted octanol–water partition coefficient (Wildman–Crippen LogP) is 5.28. The maximum atomic E-state index is 12.0. The smallest absolute Gasteiger partial charge is 0.296 e. The summed E-state index contributed by atoms with van der Waals surface area (Å²) in [5.74, 6) is -0.735. The fraction of sp³-hybridized carbons (Fsp3) is 0.0417. The summed E-state index contributed by atoms with van der Waals surface area (Å²) in [5, 5.41) is 19.3. The first kappa shape index (κ1) is 31.8. The van der Waals surface area contributed by atoms with Gasteiger partial charge >= 0.3 is 0 Å². The SMILES string of the molecule is Cc1ccc2nc(-c3ccc(N=Nc4c(S(=O)(=O)O)cc5ccc(S(=O)(=O)O)cc5c4O)cc3)sc2c1.[Na].[Na]. The zero-order valence-corrected chi connectivity index (χ0v) is 27.3. The van der Waals surface area contributed by atoms with Crippen molar-refractivity contribution < 1.29 is 31.0 Å². The van der Waals surface area contributed by atoms with Crippen molar-refractivity contribution in [2.24, 2.45) is 10.2 Å². The first-order valence-corrected chi connectivity index (χ1v) is 14.2. The molecule has 15 heteroatoms. The summed E-state index contributed by atoms with van der Waals surface area (Å²) >= 11 is 1.54. The van der Waals surface area contributed by atoms with Crippen LogP contribution in [0.25, 0.3) is 31.6 Å². The van der Waals surface area contributed by atoms with Crippen molar-refractivity contribution in [2.45, 2.75) is 16.7 Å². The Kier molecular flexibility index (Phi) is 9.78. The van der Waals surface area contributed by atoms with E-state index in [1.807, 2.05) is 19.1 Å². The van der Waals surface area contributed by atoms with Gasteiger partial charge in [0.05, 0.1) is 20.8 Å². The molecule has 0 aliphatic rings. The Hall–Kier alpha value is -1.75. The normalized spacial score (nSPS) is 12.0. The quantitative estimate of drug-likeness (QED) is 0.139. The van der Waals surface area contributed by atoms with E-state index in [1.54, 1.807) is 24.3 Å². The van der Waals surface area contributed by atoms with Crippen LogP contribution in [0.4, 0.5) is 11.4 Å². The molecule has 0 spiro atoms. The van der Waals surface area contributed by atoms with Crippen LogP contribution in [0.5, 0.6) is 5.75 Å². The summed E-state index contributed by atoms with van der Waals surface area (Å²) in [5.41, 5.74) is 2.58. The molecule has 190 valence electrons. The average Bonchev–Trinajstić information content (AvgIpc) is 3.25. The first-order valence-electron chi connectivity index (χ1n) is 10.5. The van der Waals surface area contributed by atoms with Crippen LogP contribution < -0.4 is 0 Å². The number of hydrogen-bond donors (Lipinski definition) is 3. The van der Waals surface area contributed by atoms with Crippen LogP contribution in [0.3, 0.4) is 0 Å². The summed E-state index contributed by atoms with van der Waals surface area (Å²) in [4.78, 5) is 3.39. The van der Waals surface area contributed by atoms with Crippen molar-refractivity contribution in [3.8, 4) is 16.3 Å². The van der Waals surface area contributed by atoms with E-state index in [-0.39, 0.29) is 69.9 Å². The second kappa shape index (κ2) is 12.0. The molecule has 2 radical (unpaired) electrons. The summed E-state index contributed by atoms with van der Waals surface area (Å²) in [6.07, 6.45) is 0. The molecular formula is C24H17N3Na2O7S3. The van der Waals surface area contributed by atoms with Crippen molar-refractivity contribution >= 4 is 123 Å². The molecule has 0 unspecified atom stereocenters. The molecule has 0 aliphatic carbocycles. The fourth-order valence-electron chi connectivity index (χ4n) is 3.71. The molecule has 5 rings (SSSR count). The zero-order valence-electron chi connectivity index (χ0n) is 20.9. The molecule has 0 bridgehead atoms. The van der Waals surface area contributed by atoms with Gasteiger partial charge in [-0.15, -0.1) is 16.5 Å². The van der Waals surface area contributed by atoms with Gasteiger partial charge in [0.25, 0.3) is 20.2 Å². The minimum atomic E-state index is -4.84. The number of rotatable bonds is 5. The molecule has 0 atom stereocenters. The molecule has 0 saturated heterocycles. The largest absolute Gasteiger partial charge is 0.505 e. The molecule has 1 aromatic heterocycles. The number of fused-ring (bicyclic) bond motifs is 2. The minimum absolute atomic E-state index is 0. The molecular weight excluding hydrogens is 584 g/mol. The van der Waals surface area contributed by atoms with E-state index < -0.39 is 41.5 Å². The number of aromatic nitrogens is 1. The van der Waals surface area contributed by atoms with Gasteiger partial charge in [-0.1, -0.05) is 12.1 Å². The Morgan fingerprint density at radius 1 is 0.821 bits per heavy atom. The zero-order chi connectivity index (χ0) is 26.5. The molecule has 3 N–H and O–H groups in total.